The second-order valence-corrected chi connectivity index (χ2v) is 6.27. The number of carbonyl (C=O) groups excluding carboxylic acids is 1. The lowest BCUT2D eigenvalue weighted by Gasteiger charge is -2.04. The summed E-state index contributed by atoms with van der Waals surface area (Å²) in [5.41, 5.74) is 1.68. The number of rotatable bonds is 5. The summed E-state index contributed by atoms with van der Waals surface area (Å²) in [5.74, 6) is 0.695. The summed E-state index contributed by atoms with van der Waals surface area (Å²) in [6.07, 6.45) is 1.51. The molecule has 0 aliphatic rings. The molecule has 118 valence electrons. The largest absolute Gasteiger partial charge is 0.338 e. The normalized spacial score (nSPS) is 11.1. The predicted octanol–water partition coefficient (Wildman–Crippen LogP) is 3.47. The minimum absolute atomic E-state index is 0.163. The predicted molar refractivity (Wildman–Crippen MR) is 89.5 cm³/mol. The van der Waals surface area contributed by atoms with Gasteiger partial charge in [-0.2, -0.15) is 0 Å². The molecule has 7 heteroatoms. The van der Waals surface area contributed by atoms with Crippen LogP contribution in [0, 0.1) is 0 Å². The van der Waals surface area contributed by atoms with E-state index in [2.05, 4.69) is 20.4 Å². The van der Waals surface area contributed by atoms with Crippen LogP contribution in [0.1, 0.15) is 25.5 Å². The second-order valence-electron chi connectivity index (χ2n) is 5.30. The van der Waals surface area contributed by atoms with Crippen LogP contribution in [-0.4, -0.2) is 26.8 Å². The lowest BCUT2D eigenvalue weighted by Crippen LogP contribution is -2.13. The fourth-order valence-corrected chi connectivity index (χ4v) is 2.81. The molecule has 0 saturated heterocycles. The number of hydrogen-bond donors (Lipinski definition) is 1. The number of anilines is 1. The number of fused-ring (bicyclic) bond motifs is 1. The Morgan fingerprint density at radius 3 is 2.91 bits per heavy atom. The Kier molecular flexibility index (Phi) is 4.57. The Morgan fingerprint density at radius 1 is 1.30 bits per heavy atom. The monoisotopic (exact) mass is 328 g/mol. The van der Waals surface area contributed by atoms with Gasteiger partial charge in [-0.1, -0.05) is 49.0 Å². The average Bonchev–Trinajstić information content (AvgIpc) is 3.01. The van der Waals surface area contributed by atoms with E-state index in [1.807, 2.05) is 38.1 Å². The van der Waals surface area contributed by atoms with Crippen LogP contribution in [0.4, 0.5) is 5.88 Å². The molecular weight excluding hydrogens is 312 g/mol. The number of thioether (sulfide) groups is 1. The maximum atomic E-state index is 12.0. The standard InChI is InChI=1S/C16H16N4O2S/c1-10(2)13-7-15(22-20-13)19-14(21)8-23-16-11-5-3-4-6-12(11)17-9-18-16/h3-7,9-10H,8H2,1-2H3,(H,19,21). The van der Waals surface area contributed by atoms with E-state index < -0.39 is 0 Å². The van der Waals surface area contributed by atoms with Gasteiger partial charge in [-0.05, 0) is 12.0 Å². The molecule has 1 N–H and O–H groups in total. The van der Waals surface area contributed by atoms with Crippen LogP contribution in [0.3, 0.4) is 0 Å². The van der Waals surface area contributed by atoms with Gasteiger partial charge in [0.15, 0.2) is 0 Å². The first kappa shape index (κ1) is 15.5. The van der Waals surface area contributed by atoms with E-state index >= 15 is 0 Å². The Morgan fingerprint density at radius 2 is 2.13 bits per heavy atom. The zero-order valence-electron chi connectivity index (χ0n) is 12.8. The van der Waals surface area contributed by atoms with Crippen LogP contribution in [0.2, 0.25) is 0 Å². The van der Waals surface area contributed by atoms with E-state index in [9.17, 15) is 4.79 Å². The summed E-state index contributed by atoms with van der Waals surface area (Å²) >= 11 is 1.37. The third kappa shape index (κ3) is 3.68. The van der Waals surface area contributed by atoms with Crippen LogP contribution in [0.25, 0.3) is 10.9 Å². The first-order valence-corrected chi connectivity index (χ1v) is 8.21. The highest BCUT2D eigenvalue weighted by Gasteiger charge is 2.12. The third-order valence-electron chi connectivity index (χ3n) is 3.23. The van der Waals surface area contributed by atoms with Gasteiger partial charge in [0.1, 0.15) is 11.4 Å². The van der Waals surface area contributed by atoms with Crippen molar-refractivity contribution >= 4 is 34.5 Å². The van der Waals surface area contributed by atoms with Crippen LogP contribution in [0.15, 0.2) is 46.2 Å². The first-order valence-electron chi connectivity index (χ1n) is 7.22. The number of amides is 1. The Bertz CT molecular complexity index is 826. The number of carbonyl (C=O) groups is 1. The Hall–Kier alpha value is -2.41. The molecular formula is C16H16N4O2S. The van der Waals surface area contributed by atoms with Crippen LogP contribution < -0.4 is 5.32 Å². The highest BCUT2D eigenvalue weighted by Crippen LogP contribution is 2.24. The van der Waals surface area contributed by atoms with Gasteiger partial charge < -0.3 is 4.52 Å². The fourth-order valence-electron chi connectivity index (χ4n) is 2.02. The number of hydrogen-bond acceptors (Lipinski definition) is 6. The zero-order valence-corrected chi connectivity index (χ0v) is 13.6. The van der Waals surface area contributed by atoms with Crippen molar-refractivity contribution in [2.24, 2.45) is 0 Å². The highest BCUT2D eigenvalue weighted by molar-refractivity contribution is 8.00. The summed E-state index contributed by atoms with van der Waals surface area (Å²) < 4.78 is 5.10. The molecule has 2 heterocycles. The molecule has 0 saturated carbocycles. The first-order chi connectivity index (χ1) is 11.1. The average molecular weight is 328 g/mol. The molecule has 3 aromatic rings. The lowest BCUT2D eigenvalue weighted by molar-refractivity contribution is -0.113. The molecule has 0 aliphatic carbocycles. The maximum Gasteiger partial charge on any atom is 0.237 e. The number of nitrogens with one attached hydrogen (secondary N) is 1. The van der Waals surface area contributed by atoms with Crippen LogP contribution in [-0.2, 0) is 4.79 Å². The van der Waals surface area contributed by atoms with Crippen molar-refractivity contribution in [3.8, 4) is 0 Å². The smallest absolute Gasteiger partial charge is 0.237 e. The van der Waals surface area contributed by atoms with Crippen molar-refractivity contribution in [1.29, 1.82) is 0 Å². The molecule has 6 nitrogen and oxygen atoms in total. The zero-order chi connectivity index (χ0) is 16.2. The van der Waals surface area contributed by atoms with Crippen molar-refractivity contribution in [2.45, 2.75) is 24.8 Å². The van der Waals surface area contributed by atoms with Crippen LogP contribution >= 0.6 is 11.8 Å². The SMILES string of the molecule is CC(C)c1cc(NC(=O)CSc2ncnc3ccccc23)on1. The van der Waals surface area contributed by atoms with Crippen molar-refractivity contribution in [2.75, 3.05) is 11.1 Å². The van der Waals surface area contributed by atoms with Gasteiger partial charge in [0.25, 0.3) is 0 Å². The van der Waals surface area contributed by atoms with Crippen LogP contribution in [0.5, 0.6) is 0 Å². The van der Waals surface area contributed by atoms with Gasteiger partial charge in [-0.15, -0.1) is 0 Å². The van der Waals surface area contributed by atoms with E-state index in [0.717, 1.165) is 21.6 Å². The molecule has 3 rings (SSSR count). The molecule has 0 bridgehead atoms. The summed E-state index contributed by atoms with van der Waals surface area (Å²) in [4.78, 5) is 20.5. The number of aromatic nitrogens is 3. The summed E-state index contributed by atoms with van der Waals surface area (Å²) in [6.45, 7) is 4.03. The quantitative estimate of drug-likeness (QED) is 0.570. The molecule has 0 unspecified atom stereocenters. The van der Waals surface area contributed by atoms with Gasteiger partial charge in [0.2, 0.25) is 11.8 Å². The maximum absolute atomic E-state index is 12.0. The Balaban J connectivity index is 1.64. The molecule has 0 aliphatic heterocycles. The van der Waals surface area contributed by atoms with Gasteiger partial charge in [0, 0.05) is 11.5 Å². The second kappa shape index (κ2) is 6.78. The topological polar surface area (TPSA) is 80.9 Å². The van der Waals surface area contributed by atoms with Gasteiger partial charge >= 0.3 is 0 Å². The van der Waals surface area contributed by atoms with Crippen molar-refractivity contribution in [3.05, 3.63) is 42.4 Å². The van der Waals surface area contributed by atoms with Crippen molar-refractivity contribution in [1.82, 2.24) is 15.1 Å². The molecule has 2 aromatic heterocycles. The number of para-hydroxylation sites is 1. The summed E-state index contributed by atoms with van der Waals surface area (Å²) in [5, 5.41) is 8.34. The number of benzene rings is 1. The van der Waals surface area contributed by atoms with Gasteiger partial charge in [-0.25, -0.2) is 9.97 Å². The highest BCUT2D eigenvalue weighted by atomic mass is 32.2. The lowest BCUT2D eigenvalue weighted by atomic mass is 10.1. The number of nitrogens with zero attached hydrogens (tertiary/aromatic N) is 3. The minimum Gasteiger partial charge on any atom is -0.338 e. The molecule has 0 atom stereocenters. The summed E-state index contributed by atoms with van der Waals surface area (Å²) in [6, 6.07) is 9.46. The molecule has 1 amide bonds. The molecule has 0 fully saturated rings. The minimum atomic E-state index is -0.163. The molecule has 1 aromatic carbocycles. The molecule has 0 radical (unpaired) electrons. The van der Waals surface area contributed by atoms with Gasteiger partial charge in [0.05, 0.1) is 17.0 Å². The molecule has 0 spiro atoms. The van der Waals surface area contributed by atoms with E-state index in [1.54, 1.807) is 6.07 Å². The summed E-state index contributed by atoms with van der Waals surface area (Å²) in [7, 11) is 0. The van der Waals surface area contributed by atoms with Crippen molar-refractivity contribution in [3.63, 3.8) is 0 Å². The van der Waals surface area contributed by atoms with E-state index in [4.69, 9.17) is 4.52 Å². The third-order valence-corrected chi connectivity index (χ3v) is 4.23. The Labute approximate surface area is 137 Å². The van der Waals surface area contributed by atoms with Gasteiger partial charge in [-0.3, -0.25) is 10.1 Å². The molecule has 23 heavy (non-hydrogen) atoms. The fraction of sp³-hybridized carbons (Fsp3) is 0.250. The van der Waals surface area contributed by atoms with E-state index in [-0.39, 0.29) is 17.6 Å². The van der Waals surface area contributed by atoms with E-state index in [0.29, 0.717) is 5.88 Å². The van der Waals surface area contributed by atoms with Crippen molar-refractivity contribution < 1.29 is 9.32 Å². The van der Waals surface area contributed by atoms with E-state index in [1.165, 1.54) is 18.1 Å².